The maximum atomic E-state index is 7.56. The molecule has 2 rings (SSSR count). The Hall–Kier alpha value is 0.500. The summed E-state index contributed by atoms with van der Waals surface area (Å²) in [6, 6.07) is 20.9. The van der Waals surface area contributed by atoms with E-state index in [1.807, 2.05) is 12.1 Å². The van der Waals surface area contributed by atoms with Crippen LogP contribution >= 0.6 is 13.4 Å². The Morgan fingerprint density at radius 3 is 0.889 bits per heavy atom. The van der Waals surface area contributed by atoms with Gasteiger partial charge in [-0.05, 0) is 47.6 Å². The molecule has 0 amide bonds. The van der Waals surface area contributed by atoms with Crippen molar-refractivity contribution in [2.75, 3.05) is 0 Å². The molecule has 0 saturated heterocycles. The topological polar surface area (TPSA) is 121 Å². The summed E-state index contributed by atoms with van der Waals surface area (Å²) in [5, 5.41) is 0. The number of hydrogen-bond donors (Lipinski definition) is 6. The van der Waals surface area contributed by atoms with Gasteiger partial charge in [-0.25, -0.2) is 0 Å². The molecule has 6 N–H and O–H groups in total. The first-order valence-electron chi connectivity index (χ1n) is 7.51. The molecular formula is C16H27NaO6P2S2. The van der Waals surface area contributed by atoms with Crippen molar-refractivity contribution in [3.05, 3.63) is 71.8 Å². The predicted molar refractivity (Wildman–Crippen MR) is 121 cm³/mol. The molecule has 0 heterocycles. The van der Waals surface area contributed by atoms with Gasteiger partial charge in [0.2, 0.25) is 0 Å². The van der Waals surface area contributed by atoms with Crippen LogP contribution in [-0.4, -0.2) is 58.9 Å². The molecule has 0 bridgehead atoms. The Morgan fingerprint density at radius 2 is 0.778 bits per heavy atom. The quantitative estimate of drug-likeness (QED) is 0.296. The van der Waals surface area contributed by atoms with Crippen LogP contribution in [0.5, 0.6) is 0 Å². The SMILES string of the molecule is CCc1ccccc1.CCc1ccccc1.OP(O)(O)=S.OP(O)(O)=S.[NaH]. The minimum atomic E-state index is -3.81. The molecule has 0 atom stereocenters. The molecule has 0 saturated carbocycles. The first-order chi connectivity index (χ1) is 11.9. The van der Waals surface area contributed by atoms with Gasteiger partial charge in [0.15, 0.2) is 0 Å². The van der Waals surface area contributed by atoms with E-state index in [9.17, 15) is 0 Å². The van der Waals surface area contributed by atoms with Crippen LogP contribution in [0.2, 0.25) is 0 Å². The average molecular weight is 464 g/mol. The number of benzene rings is 2. The van der Waals surface area contributed by atoms with E-state index in [1.165, 1.54) is 11.1 Å². The maximum absolute atomic E-state index is 7.56. The fourth-order valence-electron chi connectivity index (χ4n) is 1.43. The molecule has 0 aromatic heterocycles. The van der Waals surface area contributed by atoms with E-state index in [-0.39, 0.29) is 29.6 Å². The molecule has 0 aliphatic rings. The molecule has 0 fully saturated rings. The van der Waals surface area contributed by atoms with E-state index in [0.717, 1.165) is 12.8 Å². The molecule has 11 heteroatoms. The summed E-state index contributed by atoms with van der Waals surface area (Å²) in [4.78, 5) is 45.3. The van der Waals surface area contributed by atoms with Crippen molar-refractivity contribution in [1.82, 2.24) is 0 Å². The molecule has 0 unspecified atom stereocenters. The van der Waals surface area contributed by atoms with Gasteiger partial charge in [0.05, 0.1) is 0 Å². The van der Waals surface area contributed by atoms with Crippen LogP contribution in [0.1, 0.15) is 25.0 Å². The van der Waals surface area contributed by atoms with Gasteiger partial charge in [-0.1, -0.05) is 74.5 Å². The third kappa shape index (κ3) is 37.9. The van der Waals surface area contributed by atoms with Crippen LogP contribution in [0.4, 0.5) is 0 Å². The van der Waals surface area contributed by atoms with Crippen LogP contribution in [0, 0.1) is 0 Å². The Labute approximate surface area is 193 Å². The molecule has 0 aliphatic heterocycles. The summed E-state index contributed by atoms with van der Waals surface area (Å²) in [6.07, 6.45) is 2.28. The zero-order chi connectivity index (χ0) is 20.6. The average Bonchev–Trinajstić information content (AvgIpc) is 2.54. The van der Waals surface area contributed by atoms with E-state index in [0.29, 0.717) is 0 Å². The van der Waals surface area contributed by atoms with E-state index in [1.54, 1.807) is 0 Å². The first kappa shape index (κ1) is 32.2. The van der Waals surface area contributed by atoms with Crippen LogP contribution < -0.4 is 0 Å². The van der Waals surface area contributed by atoms with E-state index in [2.05, 4.69) is 86.0 Å². The molecule has 27 heavy (non-hydrogen) atoms. The zero-order valence-corrected chi connectivity index (χ0v) is 18.0. The number of aryl methyl sites for hydroxylation is 2. The molecule has 0 aliphatic carbocycles. The van der Waals surface area contributed by atoms with Gasteiger partial charge < -0.3 is 29.4 Å². The molecule has 150 valence electrons. The van der Waals surface area contributed by atoms with Gasteiger partial charge in [-0.15, -0.1) is 0 Å². The Kier molecular flexibility index (Phi) is 22.1. The molecule has 2 aromatic carbocycles. The van der Waals surface area contributed by atoms with Crippen LogP contribution in [0.3, 0.4) is 0 Å². The van der Waals surface area contributed by atoms with E-state index < -0.39 is 13.4 Å². The van der Waals surface area contributed by atoms with Crippen molar-refractivity contribution < 1.29 is 29.4 Å². The molecule has 6 nitrogen and oxygen atoms in total. The summed E-state index contributed by atoms with van der Waals surface area (Å²) < 4.78 is 0. The molecular weight excluding hydrogens is 437 g/mol. The van der Waals surface area contributed by atoms with Crippen molar-refractivity contribution in [2.24, 2.45) is 0 Å². The first-order valence-corrected chi connectivity index (χ1v) is 12.8. The third-order valence-corrected chi connectivity index (χ3v) is 2.50. The van der Waals surface area contributed by atoms with Crippen LogP contribution in [0.25, 0.3) is 0 Å². The summed E-state index contributed by atoms with van der Waals surface area (Å²) in [6.45, 7) is -3.29. The Bertz CT molecular complexity index is 589. The second kappa shape index (κ2) is 18.5. The standard InChI is InChI=1S/2C8H10.Na.2H3O3PS.H/c2*1-2-8-6-4-3-5-7-8;;2*1-4(2,3)5;/h2*3-7H,2H2,1H3;;2*(H3,1,2,3,5);. The second-order valence-corrected chi connectivity index (χ2v) is 9.70. The predicted octanol–water partition coefficient (Wildman–Crippen LogP) is 2.23. The normalized spacial score (nSPS) is 9.78. The zero-order valence-electron chi connectivity index (χ0n) is 14.6. The van der Waals surface area contributed by atoms with Gasteiger partial charge in [-0.2, -0.15) is 0 Å². The van der Waals surface area contributed by atoms with Crippen molar-refractivity contribution in [3.63, 3.8) is 0 Å². The van der Waals surface area contributed by atoms with Crippen molar-refractivity contribution in [3.8, 4) is 0 Å². The van der Waals surface area contributed by atoms with E-state index in [4.69, 9.17) is 29.4 Å². The summed E-state index contributed by atoms with van der Waals surface area (Å²) in [7, 11) is 0. The van der Waals surface area contributed by atoms with E-state index >= 15 is 0 Å². The van der Waals surface area contributed by atoms with Crippen molar-refractivity contribution in [2.45, 2.75) is 26.7 Å². The molecule has 2 aromatic rings. The van der Waals surface area contributed by atoms with Crippen LogP contribution in [-0.2, 0) is 36.5 Å². The summed E-state index contributed by atoms with van der Waals surface area (Å²) in [5.74, 6) is 0. The van der Waals surface area contributed by atoms with Crippen molar-refractivity contribution in [1.29, 1.82) is 0 Å². The van der Waals surface area contributed by atoms with Gasteiger partial charge >= 0.3 is 43.0 Å². The minimum absolute atomic E-state index is 0. The van der Waals surface area contributed by atoms with Gasteiger partial charge in [-0.3, -0.25) is 0 Å². The fraction of sp³-hybridized carbons (Fsp3) is 0.250. The second-order valence-electron chi connectivity index (χ2n) is 4.70. The molecule has 0 spiro atoms. The fourth-order valence-corrected chi connectivity index (χ4v) is 1.43. The number of hydrogen-bond acceptors (Lipinski definition) is 2. The number of rotatable bonds is 2. The summed E-state index contributed by atoms with van der Waals surface area (Å²) >= 11 is 7.21. The van der Waals surface area contributed by atoms with Gasteiger partial charge in [0, 0.05) is 0 Å². The molecule has 0 radical (unpaired) electrons. The van der Waals surface area contributed by atoms with Crippen LogP contribution in [0.15, 0.2) is 60.7 Å². The summed E-state index contributed by atoms with van der Waals surface area (Å²) in [5.41, 5.74) is 2.82. The van der Waals surface area contributed by atoms with Gasteiger partial charge in [0.1, 0.15) is 0 Å². The Morgan fingerprint density at radius 1 is 0.593 bits per heavy atom. The van der Waals surface area contributed by atoms with Crippen molar-refractivity contribution >= 4 is 66.6 Å². The third-order valence-electron chi connectivity index (χ3n) is 2.50. The van der Waals surface area contributed by atoms with Gasteiger partial charge in [0.25, 0.3) is 0 Å². The monoisotopic (exact) mass is 464 g/mol. The Balaban J connectivity index is -0.000000289.